The van der Waals surface area contributed by atoms with Crippen molar-refractivity contribution < 1.29 is 19.4 Å². The standard InChI is InChI=1S/C22H32ClN3O4/c23-16-7-4-8-17(13-16)25-22(29)26-19-10-9-18(30-20(19)14-27)11-12-24-21(28)15-5-2-1-3-6-15/h4,7-8,13,15,18-20,27H,1-3,5-6,9-12,14H2,(H,24,28)(H2,25,26,29)/t18-,19-,20+/m1/s1. The van der Waals surface area contributed by atoms with E-state index in [4.69, 9.17) is 16.3 Å². The number of ether oxygens (including phenoxy) is 1. The maximum atomic E-state index is 12.3. The first-order valence-electron chi connectivity index (χ1n) is 10.9. The van der Waals surface area contributed by atoms with Crippen molar-refractivity contribution in [2.24, 2.45) is 5.92 Å². The van der Waals surface area contributed by atoms with Crippen LogP contribution < -0.4 is 16.0 Å². The van der Waals surface area contributed by atoms with Gasteiger partial charge in [-0.15, -0.1) is 0 Å². The number of nitrogens with one attached hydrogen (secondary N) is 3. The molecule has 2 aliphatic rings. The first kappa shape index (κ1) is 22.8. The zero-order valence-electron chi connectivity index (χ0n) is 17.2. The molecule has 0 aromatic heterocycles. The lowest BCUT2D eigenvalue weighted by Crippen LogP contribution is -2.52. The van der Waals surface area contributed by atoms with Crippen LogP contribution in [0.3, 0.4) is 0 Å². The van der Waals surface area contributed by atoms with Crippen LogP contribution in [-0.4, -0.2) is 48.4 Å². The van der Waals surface area contributed by atoms with Crippen LogP contribution in [0.1, 0.15) is 51.4 Å². The Kier molecular flexibility index (Phi) is 8.78. The maximum absolute atomic E-state index is 12.3. The Hall–Kier alpha value is -1.83. The van der Waals surface area contributed by atoms with Crippen LogP contribution in [0.5, 0.6) is 0 Å². The van der Waals surface area contributed by atoms with Crippen LogP contribution in [0, 0.1) is 5.92 Å². The fourth-order valence-corrected chi connectivity index (χ4v) is 4.47. The molecule has 1 heterocycles. The van der Waals surface area contributed by atoms with Crippen molar-refractivity contribution >= 4 is 29.2 Å². The second kappa shape index (κ2) is 11.5. The molecule has 1 saturated heterocycles. The fraction of sp³-hybridized carbons (Fsp3) is 0.636. The Balaban J connectivity index is 1.39. The topological polar surface area (TPSA) is 99.7 Å². The summed E-state index contributed by atoms with van der Waals surface area (Å²) in [6.07, 6.45) is 7.15. The summed E-state index contributed by atoms with van der Waals surface area (Å²) in [4.78, 5) is 24.5. The van der Waals surface area contributed by atoms with Crippen LogP contribution in [0.2, 0.25) is 5.02 Å². The summed E-state index contributed by atoms with van der Waals surface area (Å²) in [6, 6.07) is 6.28. The monoisotopic (exact) mass is 437 g/mol. The van der Waals surface area contributed by atoms with Gasteiger partial charge < -0.3 is 25.8 Å². The van der Waals surface area contributed by atoms with Crippen LogP contribution >= 0.6 is 11.6 Å². The fourth-order valence-electron chi connectivity index (χ4n) is 4.28. The van der Waals surface area contributed by atoms with E-state index >= 15 is 0 Å². The van der Waals surface area contributed by atoms with Crippen molar-refractivity contribution in [2.45, 2.75) is 69.6 Å². The molecule has 8 heteroatoms. The second-order valence-corrected chi connectivity index (χ2v) is 8.62. The van der Waals surface area contributed by atoms with E-state index in [-0.39, 0.29) is 36.6 Å². The lowest BCUT2D eigenvalue weighted by molar-refractivity contribution is -0.126. The van der Waals surface area contributed by atoms with E-state index in [0.717, 1.165) is 32.1 Å². The maximum Gasteiger partial charge on any atom is 0.319 e. The van der Waals surface area contributed by atoms with Gasteiger partial charge in [0.25, 0.3) is 0 Å². The van der Waals surface area contributed by atoms with Gasteiger partial charge in [0.15, 0.2) is 0 Å². The smallest absolute Gasteiger partial charge is 0.319 e. The molecule has 0 radical (unpaired) electrons. The summed E-state index contributed by atoms with van der Waals surface area (Å²) in [5.41, 5.74) is 0.601. The SMILES string of the molecule is O=C(Nc1cccc(Cl)c1)N[C@@H]1CC[C@H](CCNC(=O)C2CCCCC2)O[C@H]1CO. The zero-order chi connectivity index (χ0) is 21.3. The Morgan fingerprint density at radius 2 is 1.93 bits per heavy atom. The molecule has 1 saturated carbocycles. The Morgan fingerprint density at radius 3 is 2.67 bits per heavy atom. The molecule has 30 heavy (non-hydrogen) atoms. The normalized spacial score (nSPS) is 24.8. The van der Waals surface area contributed by atoms with E-state index in [1.54, 1.807) is 24.3 Å². The highest BCUT2D eigenvalue weighted by molar-refractivity contribution is 6.30. The molecule has 3 amide bonds. The number of aliphatic hydroxyl groups is 1. The van der Waals surface area contributed by atoms with Crippen LogP contribution in [0.4, 0.5) is 10.5 Å². The van der Waals surface area contributed by atoms with Crippen LogP contribution in [-0.2, 0) is 9.53 Å². The Bertz CT molecular complexity index is 711. The van der Waals surface area contributed by atoms with Gasteiger partial charge in [-0.2, -0.15) is 0 Å². The minimum Gasteiger partial charge on any atom is -0.394 e. The third-order valence-corrected chi connectivity index (χ3v) is 6.17. The van der Waals surface area contributed by atoms with Gasteiger partial charge in [-0.1, -0.05) is 36.9 Å². The average Bonchev–Trinajstić information content (AvgIpc) is 2.75. The predicted octanol–water partition coefficient (Wildman–Crippen LogP) is 3.46. The molecule has 0 bridgehead atoms. The number of benzene rings is 1. The van der Waals surface area contributed by atoms with E-state index < -0.39 is 6.10 Å². The molecule has 1 aromatic carbocycles. The van der Waals surface area contributed by atoms with E-state index in [2.05, 4.69) is 16.0 Å². The number of hydrogen-bond donors (Lipinski definition) is 4. The van der Waals surface area contributed by atoms with Gasteiger partial charge in [-0.3, -0.25) is 4.79 Å². The number of rotatable bonds is 7. The van der Waals surface area contributed by atoms with Gasteiger partial charge in [0.1, 0.15) is 6.10 Å². The number of aliphatic hydroxyl groups excluding tert-OH is 1. The van der Waals surface area contributed by atoms with Crippen molar-refractivity contribution in [3.05, 3.63) is 29.3 Å². The molecule has 1 aromatic rings. The number of anilines is 1. The number of carbonyl (C=O) groups excluding carboxylic acids is 2. The third-order valence-electron chi connectivity index (χ3n) is 5.94. The minimum atomic E-state index is -0.470. The van der Waals surface area contributed by atoms with Crippen LogP contribution in [0.25, 0.3) is 0 Å². The number of urea groups is 1. The summed E-state index contributed by atoms with van der Waals surface area (Å²) in [5, 5.41) is 18.9. The van der Waals surface area contributed by atoms with Crippen molar-refractivity contribution in [3.8, 4) is 0 Å². The lowest BCUT2D eigenvalue weighted by Gasteiger charge is -2.36. The molecule has 0 unspecified atom stereocenters. The molecular formula is C22H32ClN3O4. The second-order valence-electron chi connectivity index (χ2n) is 8.19. The number of halogens is 1. The zero-order valence-corrected chi connectivity index (χ0v) is 18.0. The molecule has 3 atom stereocenters. The van der Waals surface area contributed by atoms with Crippen molar-refractivity contribution in [1.29, 1.82) is 0 Å². The average molecular weight is 438 g/mol. The first-order valence-corrected chi connectivity index (χ1v) is 11.3. The quantitative estimate of drug-likeness (QED) is 0.524. The predicted molar refractivity (Wildman–Crippen MR) is 117 cm³/mol. The summed E-state index contributed by atoms with van der Waals surface area (Å²) < 4.78 is 5.98. The molecule has 1 aliphatic carbocycles. The van der Waals surface area contributed by atoms with Gasteiger partial charge in [-0.05, 0) is 50.3 Å². The minimum absolute atomic E-state index is 0.0390. The molecular weight excluding hydrogens is 406 g/mol. The van der Waals surface area contributed by atoms with Gasteiger partial charge in [0.2, 0.25) is 5.91 Å². The highest BCUT2D eigenvalue weighted by Gasteiger charge is 2.32. The van der Waals surface area contributed by atoms with Crippen molar-refractivity contribution in [3.63, 3.8) is 0 Å². The number of hydrogen-bond acceptors (Lipinski definition) is 4. The Labute approximate surface area is 182 Å². The lowest BCUT2D eigenvalue weighted by atomic mass is 9.88. The van der Waals surface area contributed by atoms with Crippen molar-refractivity contribution in [2.75, 3.05) is 18.5 Å². The van der Waals surface area contributed by atoms with Gasteiger partial charge >= 0.3 is 6.03 Å². The van der Waals surface area contributed by atoms with E-state index in [1.807, 2.05) is 0 Å². The first-order chi connectivity index (χ1) is 14.5. The molecule has 2 fully saturated rings. The molecule has 3 rings (SSSR count). The van der Waals surface area contributed by atoms with Crippen molar-refractivity contribution in [1.82, 2.24) is 10.6 Å². The largest absolute Gasteiger partial charge is 0.394 e. The molecule has 0 spiro atoms. The van der Waals surface area contributed by atoms with E-state index in [0.29, 0.717) is 30.1 Å². The summed E-state index contributed by atoms with van der Waals surface area (Å²) in [7, 11) is 0. The highest BCUT2D eigenvalue weighted by Crippen LogP contribution is 2.24. The van der Waals surface area contributed by atoms with E-state index in [9.17, 15) is 14.7 Å². The molecule has 4 N–H and O–H groups in total. The van der Waals surface area contributed by atoms with Gasteiger partial charge in [0.05, 0.1) is 18.8 Å². The van der Waals surface area contributed by atoms with Crippen LogP contribution in [0.15, 0.2) is 24.3 Å². The third kappa shape index (κ3) is 6.86. The molecule has 1 aliphatic heterocycles. The summed E-state index contributed by atoms with van der Waals surface area (Å²) >= 11 is 5.94. The van der Waals surface area contributed by atoms with Gasteiger partial charge in [0, 0.05) is 23.2 Å². The Morgan fingerprint density at radius 1 is 1.13 bits per heavy atom. The number of amides is 3. The van der Waals surface area contributed by atoms with E-state index in [1.165, 1.54) is 6.42 Å². The van der Waals surface area contributed by atoms with Gasteiger partial charge in [-0.25, -0.2) is 4.79 Å². The molecule has 166 valence electrons. The summed E-state index contributed by atoms with van der Waals surface area (Å²) in [6.45, 7) is 0.401. The number of carbonyl (C=O) groups is 2. The highest BCUT2D eigenvalue weighted by atomic mass is 35.5. The summed E-state index contributed by atoms with van der Waals surface area (Å²) in [5.74, 6) is 0.309. The molecule has 7 nitrogen and oxygen atoms in total.